The average molecular weight is 741 g/mol. The van der Waals surface area contributed by atoms with Gasteiger partial charge in [0.05, 0.1) is 46.9 Å². The Morgan fingerprint density at radius 3 is 1.69 bits per heavy atom. The average Bonchev–Trinajstić information content (AvgIpc) is 4.17. The van der Waals surface area contributed by atoms with Crippen LogP contribution in [0.2, 0.25) is 0 Å². The number of anilines is 1. The van der Waals surface area contributed by atoms with Gasteiger partial charge in [0.15, 0.2) is 23.0 Å². The minimum atomic E-state index is 0.364. The van der Waals surface area contributed by atoms with Crippen molar-refractivity contribution in [1.29, 1.82) is 0 Å². The van der Waals surface area contributed by atoms with Crippen molar-refractivity contribution in [1.82, 2.24) is 14.9 Å². The maximum atomic E-state index is 5.79. The fourth-order valence-electron chi connectivity index (χ4n) is 8.20. The highest BCUT2D eigenvalue weighted by Crippen LogP contribution is 2.50. The van der Waals surface area contributed by atoms with Crippen LogP contribution in [0.4, 0.5) is 5.69 Å². The molecule has 1 aliphatic heterocycles. The third-order valence-electron chi connectivity index (χ3n) is 11.4. The molecule has 0 radical (unpaired) electrons. The Morgan fingerprint density at radius 1 is 0.600 bits per heavy atom. The summed E-state index contributed by atoms with van der Waals surface area (Å²) in [6.07, 6.45) is 10.7. The van der Waals surface area contributed by atoms with Gasteiger partial charge in [0.25, 0.3) is 0 Å². The van der Waals surface area contributed by atoms with Gasteiger partial charge < -0.3 is 28.6 Å². The Labute approximate surface area is 325 Å². The van der Waals surface area contributed by atoms with Crippen LogP contribution in [-0.2, 0) is 13.1 Å². The van der Waals surface area contributed by atoms with Crippen LogP contribution in [0.25, 0.3) is 22.5 Å². The van der Waals surface area contributed by atoms with Crippen LogP contribution in [0, 0.1) is 0 Å². The molecule has 55 heavy (non-hydrogen) atoms. The second-order valence-electron chi connectivity index (χ2n) is 15.1. The van der Waals surface area contributed by atoms with Crippen LogP contribution in [0.3, 0.4) is 0 Å². The van der Waals surface area contributed by atoms with E-state index in [1.807, 2.05) is 18.5 Å². The van der Waals surface area contributed by atoms with Gasteiger partial charge in [-0.25, -0.2) is 0 Å². The topological polar surface area (TPSA) is 78.4 Å². The van der Waals surface area contributed by atoms with E-state index in [1.165, 1.54) is 47.9 Å². The van der Waals surface area contributed by atoms with Crippen LogP contribution in [-0.4, -0.2) is 69.5 Å². The summed E-state index contributed by atoms with van der Waals surface area (Å²) in [5.41, 5.74) is 10.1. The number of hydrogen-bond acceptors (Lipinski definition) is 9. The van der Waals surface area contributed by atoms with Crippen molar-refractivity contribution in [2.75, 3.05) is 53.5 Å². The highest BCUT2D eigenvalue weighted by Gasteiger charge is 2.31. The Kier molecular flexibility index (Phi) is 10.8. The SMILES string of the molecule is COc1cccc(N(Cc2ccnc(-c3cc(OC)c(OC)c(C4CC4)c3)c2)C2CCN(Cc3ccnc(-c4cc(OC)c(OC)c(C5CC5)c4)c3)CC2)c1. The molecule has 3 heterocycles. The predicted molar refractivity (Wildman–Crippen MR) is 217 cm³/mol. The lowest BCUT2D eigenvalue weighted by Gasteiger charge is -2.40. The maximum Gasteiger partial charge on any atom is 0.164 e. The lowest BCUT2D eigenvalue weighted by molar-refractivity contribution is 0.201. The van der Waals surface area contributed by atoms with E-state index in [9.17, 15) is 0 Å². The molecule has 5 aromatic rings. The first kappa shape index (κ1) is 36.7. The molecule has 3 fully saturated rings. The lowest BCUT2D eigenvalue weighted by Crippen LogP contribution is -2.44. The molecule has 286 valence electrons. The fourth-order valence-corrected chi connectivity index (χ4v) is 8.20. The number of rotatable bonds is 15. The summed E-state index contributed by atoms with van der Waals surface area (Å²) in [7, 11) is 8.60. The van der Waals surface area contributed by atoms with Gasteiger partial charge in [-0.3, -0.25) is 14.9 Å². The second kappa shape index (κ2) is 16.2. The van der Waals surface area contributed by atoms with Gasteiger partial charge in [-0.05, 0) is 122 Å². The van der Waals surface area contributed by atoms with Crippen molar-refractivity contribution in [2.24, 2.45) is 0 Å². The molecule has 9 nitrogen and oxygen atoms in total. The number of hydrogen-bond donors (Lipinski definition) is 0. The predicted octanol–water partition coefficient (Wildman–Crippen LogP) is 9.28. The molecule has 2 aromatic heterocycles. The van der Waals surface area contributed by atoms with Gasteiger partial charge in [-0.1, -0.05) is 6.07 Å². The molecule has 0 N–H and O–H groups in total. The van der Waals surface area contributed by atoms with E-state index in [1.54, 1.807) is 35.5 Å². The summed E-state index contributed by atoms with van der Waals surface area (Å²) in [6.45, 7) is 3.65. The number of nitrogens with zero attached hydrogens (tertiary/aromatic N) is 4. The molecule has 1 saturated heterocycles. The fraction of sp³-hybridized carbons (Fsp3) is 0.391. The van der Waals surface area contributed by atoms with E-state index < -0.39 is 0 Å². The molecular formula is C46H52N4O5. The smallest absolute Gasteiger partial charge is 0.164 e. The van der Waals surface area contributed by atoms with Crippen LogP contribution in [0.1, 0.15) is 72.6 Å². The number of likely N-dealkylation sites (tertiary alicyclic amines) is 1. The van der Waals surface area contributed by atoms with Crippen molar-refractivity contribution in [3.63, 3.8) is 0 Å². The van der Waals surface area contributed by atoms with E-state index in [-0.39, 0.29) is 0 Å². The Balaban J connectivity index is 0.998. The zero-order valence-electron chi connectivity index (χ0n) is 32.7. The lowest BCUT2D eigenvalue weighted by atomic mass is 9.99. The first-order valence-electron chi connectivity index (χ1n) is 19.5. The zero-order chi connectivity index (χ0) is 37.9. The Morgan fingerprint density at radius 2 is 1.16 bits per heavy atom. The van der Waals surface area contributed by atoms with E-state index in [2.05, 4.69) is 76.5 Å². The number of ether oxygens (including phenoxy) is 5. The van der Waals surface area contributed by atoms with E-state index in [0.717, 1.165) is 96.0 Å². The molecule has 0 bridgehead atoms. The quantitative estimate of drug-likeness (QED) is 0.104. The summed E-state index contributed by atoms with van der Waals surface area (Å²) < 4.78 is 28.8. The first-order valence-corrected chi connectivity index (χ1v) is 19.5. The van der Waals surface area contributed by atoms with Crippen LogP contribution in [0.5, 0.6) is 28.7 Å². The monoisotopic (exact) mass is 740 g/mol. The summed E-state index contributed by atoms with van der Waals surface area (Å²) in [5.74, 6) is 5.11. The molecule has 0 spiro atoms. The molecule has 9 heteroatoms. The largest absolute Gasteiger partial charge is 0.497 e. The molecule has 2 saturated carbocycles. The van der Waals surface area contributed by atoms with Crippen molar-refractivity contribution >= 4 is 5.69 Å². The number of methoxy groups -OCH3 is 5. The van der Waals surface area contributed by atoms with Crippen molar-refractivity contribution in [3.8, 4) is 51.3 Å². The third-order valence-corrected chi connectivity index (χ3v) is 11.4. The highest BCUT2D eigenvalue weighted by atomic mass is 16.5. The van der Waals surface area contributed by atoms with E-state index in [4.69, 9.17) is 33.7 Å². The molecule has 8 rings (SSSR count). The van der Waals surface area contributed by atoms with Gasteiger partial charge >= 0.3 is 0 Å². The van der Waals surface area contributed by atoms with E-state index >= 15 is 0 Å². The van der Waals surface area contributed by atoms with Gasteiger partial charge in [-0.2, -0.15) is 0 Å². The molecular weight excluding hydrogens is 689 g/mol. The molecule has 0 atom stereocenters. The van der Waals surface area contributed by atoms with Gasteiger partial charge in [-0.15, -0.1) is 0 Å². The molecule has 2 aliphatic carbocycles. The zero-order valence-corrected chi connectivity index (χ0v) is 32.7. The standard InChI is InChI=1S/C46H52N4O5/c1-51-38-8-6-7-37(27-38)50(29-31-14-18-48-42(22-31)35-24-40(33-11-12-33)46(55-5)44(26-35)53-3)36-15-19-49(20-16-36)28-30-13-17-47-41(21-30)34-23-39(32-9-10-32)45(54-4)43(25-34)52-2/h6-8,13-14,17-18,21-27,32-33,36H,9-12,15-16,19-20,28-29H2,1-5H3. The van der Waals surface area contributed by atoms with Gasteiger partial charge in [0.2, 0.25) is 0 Å². The van der Waals surface area contributed by atoms with Crippen LogP contribution < -0.4 is 28.6 Å². The number of benzene rings is 3. The Hall–Kier alpha value is -5.28. The van der Waals surface area contributed by atoms with Crippen LogP contribution in [0.15, 0.2) is 85.2 Å². The maximum absolute atomic E-state index is 5.79. The number of aromatic nitrogens is 2. The van der Waals surface area contributed by atoms with Crippen LogP contribution >= 0.6 is 0 Å². The molecule has 0 unspecified atom stereocenters. The summed E-state index contributed by atoms with van der Waals surface area (Å²) >= 11 is 0. The highest BCUT2D eigenvalue weighted by molar-refractivity contribution is 5.69. The summed E-state index contributed by atoms with van der Waals surface area (Å²) in [5, 5.41) is 0. The third kappa shape index (κ3) is 8.08. The normalized spacial score (nSPS) is 16.1. The van der Waals surface area contributed by atoms with Crippen molar-refractivity contribution < 1.29 is 23.7 Å². The molecule has 3 aromatic carbocycles. The summed E-state index contributed by atoms with van der Waals surface area (Å²) in [4.78, 5) is 14.7. The van der Waals surface area contributed by atoms with Crippen molar-refractivity contribution in [2.45, 2.75) is 69.5 Å². The minimum absolute atomic E-state index is 0.364. The molecule has 0 amide bonds. The summed E-state index contributed by atoms with van der Waals surface area (Å²) in [6, 6.07) is 26.2. The number of piperidine rings is 1. The minimum Gasteiger partial charge on any atom is -0.497 e. The van der Waals surface area contributed by atoms with Gasteiger partial charge in [0.1, 0.15) is 5.75 Å². The van der Waals surface area contributed by atoms with E-state index in [0.29, 0.717) is 17.9 Å². The number of pyridine rings is 2. The first-order chi connectivity index (χ1) is 27.0. The van der Waals surface area contributed by atoms with Crippen molar-refractivity contribution in [3.05, 3.63) is 107 Å². The Bertz CT molecular complexity index is 2120. The second-order valence-corrected chi connectivity index (χ2v) is 15.1. The molecule has 3 aliphatic rings. The van der Waals surface area contributed by atoms with Gasteiger partial charge in [0, 0.05) is 78.6 Å².